The quantitative estimate of drug-likeness (QED) is 0.880. The average Bonchev–Trinajstić information content (AvgIpc) is 2.32. The van der Waals surface area contributed by atoms with Crippen LogP contribution in [0.15, 0.2) is 22.7 Å². The number of nitrogens with one attached hydrogen (secondary N) is 2. The zero-order valence-electron chi connectivity index (χ0n) is 10.2. The number of halogens is 2. The van der Waals surface area contributed by atoms with E-state index < -0.39 is 5.82 Å². The van der Waals surface area contributed by atoms with Crippen LogP contribution in [0, 0.1) is 5.82 Å². The Balaban J connectivity index is 2.05. The molecular formula is C13H16BrFN2O. The predicted octanol–water partition coefficient (Wildman–Crippen LogP) is 2.46. The number of hydrogen-bond acceptors (Lipinski definition) is 2. The minimum atomic E-state index is -0.415. The number of hydrogen-bond donors (Lipinski definition) is 2. The summed E-state index contributed by atoms with van der Waals surface area (Å²) in [4.78, 5) is 12.1. The number of piperidine rings is 1. The van der Waals surface area contributed by atoms with Crippen molar-refractivity contribution in [2.75, 3.05) is 6.54 Å². The topological polar surface area (TPSA) is 41.1 Å². The van der Waals surface area contributed by atoms with Crippen LogP contribution in [0.25, 0.3) is 0 Å². The molecule has 18 heavy (non-hydrogen) atoms. The van der Waals surface area contributed by atoms with Crippen LogP contribution in [0.5, 0.6) is 0 Å². The van der Waals surface area contributed by atoms with Gasteiger partial charge in [-0.15, -0.1) is 0 Å². The van der Waals surface area contributed by atoms with Crippen molar-refractivity contribution < 1.29 is 9.18 Å². The molecule has 2 rings (SSSR count). The zero-order chi connectivity index (χ0) is 13.1. The molecule has 1 fully saturated rings. The molecule has 0 spiro atoms. The second kappa shape index (κ2) is 5.80. The van der Waals surface area contributed by atoms with E-state index in [-0.39, 0.29) is 16.4 Å². The van der Waals surface area contributed by atoms with Gasteiger partial charge in [0, 0.05) is 12.1 Å². The molecule has 1 aromatic rings. The highest BCUT2D eigenvalue weighted by Gasteiger charge is 2.21. The number of carbonyl (C=O) groups is 1. The molecule has 0 bridgehead atoms. The molecule has 2 N–H and O–H groups in total. The Labute approximate surface area is 114 Å². The highest BCUT2D eigenvalue weighted by atomic mass is 79.9. The Morgan fingerprint density at radius 3 is 3.06 bits per heavy atom. The summed E-state index contributed by atoms with van der Waals surface area (Å²) in [5.74, 6) is -0.637. The number of amides is 1. The fourth-order valence-corrected chi connectivity index (χ4v) is 2.65. The molecule has 1 aliphatic rings. The van der Waals surface area contributed by atoms with Crippen molar-refractivity contribution in [2.45, 2.75) is 31.8 Å². The molecule has 0 saturated carbocycles. The fourth-order valence-electron chi connectivity index (χ4n) is 2.21. The van der Waals surface area contributed by atoms with E-state index in [1.54, 1.807) is 12.1 Å². The first-order chi connectivity index (χ1) is 8.58. The average molecular weight is 315 g/mol. The molecule has 0 aliphatic carbocycles. The highest BCUT2D eigenvalue weighted by Crippen LogP contribution is 2.20. The molecule has 2 atom stereocenters. The van der Waals surface area contributed by atoms with Crippen molar-refractivity contribution in [1.29, 1.82) is 0 Å². The maximum Gasteiger partial charge on any atom is 0.252 e. The molecule has 0 aromatic heterocycles. The molecule has 98 valence electrons. The molecule has 1 heterocycles. The van der Waals surface area contributed by atoms with Gasteiger partial charge in [-0.1, -0.05) is 6.07 Å². The maximum atomic E-state index is 13.3. The fraction of sp³-hybridized carbons (Fsp3) is 0.462. The van der Waals surface area contributed by atoms with Crippen molar-refractivity contribution >= 4 is 21.8 Å². The molecule has 1 aromatic carbocycles. The smallest absolute Gasteiger partial charge is 0.252 e. The second-order valence-corrected chi connectivity index (χ2v) is 5.44. The summed E-state index contributed by atoms with van der Waals surface area (Å²) in [6, 6.07) is 5.05. The van der Waals surface area contributed by atoms with Crippen LogP contribution >= 0.6 is 15.9 Å². The summed E-state index contributed by atoms with van der Waals surface area (Å²) in [6.45, 7) is 2.99. The van der Waals surface area contributed by atoms with Gasteiger partial charge in [-0.05, 0) is 54.4 Å². The van der Waals surface area contributed by atoms with Gasteiger partial charge < -0.3 is 10.6 Å². The largest absolute Gasteiger partial charge is 0.349 e. The van der Waals surface area contributed by atoms with Crippen LogP contribution in [0.4, 0.5) is 4.39 Å². The maximum absolute atomic E-state index is 13.3. The van der Waals surface area contributed by atoms with Crippen LogP contribution in [0.1, 0.15) is 30.1 Å². The van der Waals surface area contributed by atoms with E-state index in [0.29, 0.717) is 11.6 Å². The summed E-state index contributed by atoms with van der Waals surface area (Å²) >= 11 is 3.11. The summed E-state index contributed by atoms with van der Waals surface area (Å²) < 4.78 is 13.6. The van der Waals surface area contributed by atoms with E-state index in [4.69, 9.17) is 0 Å². The van der Waals surface area contributed by atoms with Crippen molar-refractivity contribution in [3.63, 3.8) is 0 Å². The number of benzene rings is 1. The van der Waals surface area contributed by atoms with Gasteiger partial charge in [0.2, 0.25) is 0 Å². The molecule has 5 heteroatoms. The van der Waals surface area contributed by atoms with Crippen molar-refractivity contribution in [1.82, 2.24) is 10.6 Å². The van der Waals surface area contributed by atoms with Gasteiger partial charge in [0.05, 0.1) is 10.0 Å². The Morgan fingerprint density at radius 1 is 1.56 bits per heavy atom. The lowest BCUT2D eigenvalue weighted by Gasteiger charge is -2.28. The molecule has 2 unspecified atom stereocenters. The predicted molar refractivity (Wildman–Crippen MR) is 72.1 cm³/mol. The zero-order valence-corrected chi connectivity index (χ0v) is 11.8. The first-order valence-electron chi connectivity index (χ1n) is 6.06. The molecule has 1 amide bonds. The van der Waals surface area contributed by atoms with Crippen LogP contribution in [0.2, 0.25) is 0 Å². The first kappa shape index (κ1) is 13.5. The Bertz CT molecular complexity index is 453. The lowest BCUT2D eigenvalue weighted by Crippen LogP contribution is -2.46. The Hall–Kier alpha value is -0.940. The first-order valence-corrected chi connectivity index (χ1v) is 6.85. The van der Waals surface area contributed by atoms with Crippen LogP contribution in [-0.4, -0.2) is 24.5 Å². The van der Waals surface area contributed by atoms with Crippen molar-refractivity contribution in [3.8, 4) is 0 Å². The third kappa shape index (κ3) is 3.09. The van der Waals surface area contributed by atoms with Gasteiger partial charge >= 0.3 is 0 Å². The van der Waals surface area contributed by atoms with Crippen LogP contribution in [-0.2, 0) is 0 Å². The molecule has 1 saturated heterocycles. The third-order valence-electron chi connectivity index (χ3n) is 3.16. The minimum Gasteiger partial charge on any atom is -0.349 e. The second-order valence-electron chi connectivity index (χ2n) is 4.65. The van der Waals surface area contributed by atoms with E-state index in [0.717, 1.165) is 19.4 Å². The summed E-state index contributed by atoms with van der Waals surface area (Å²) in [6.07, 6.45) is 1.81. The Morgan fingerprint density at radius 2 is 2.33 bits per heavy atom. The third-order valence-corrected chi connectivity index (χ3v) is 3.96. The minimum absolute atomic E-state index is 0.156. The molecule has 0 radical (unpaired) electrons. The van der Waals surface area contributed by atoms with E-state index in [9.17, 15) is 9.18 Å². The standard InChI is InChI=1S/C13H16BrFN2O/c1-8-7-9(5-6-16-8)17-13(18)10-3-2-4-11(15)12(10)14/h2-4,8-9,16H,5-7H2,1H3,(H,17,18). The van der Waals surface area contributed by atoms with Crippen molar-refractivity contribution in [2.24, 2.45) is 0 Å². The normalized spacial score (nSPS) is 23.7. The van der Waals surface area contributed by atoms with E-state index >= 15 is 0 Å². The van der Waals surface area contributed by atoms with E-state index in [1.807, 2.05) is 0 Å². The van der Waals surface area contributed by atoms with Gasteiger partial charge in [-0.2, -0.15) is 0 Å². The van der Waals surface area contributed by atoms with Gasteiger partial charge in [0.25, 0.3) is 5.91 Å². The van der Waals surface area contributed by atoms with Crippen LogP contribution in [0.3, 0.4) is 0 Å². The molecule has 3 nitrogen and oxygen atoms in total. The summed E-state index contributed by atoms with van der Waals surface area (Å²) in [5.41, 5.74) is 0.348. The molecular weight excluding hydrogens is 299 g/mol. The highest BCUT2D eigenvalue weighted by molar-refractivity contribution is 9.10. The number of rotatable bonds is 2. The Kier molecular flexibility index (Phi) is 4.35. The number of carbonyl (C=O) groups excluding carboxylic acids is 1. The SMILES string of the molecule is CC1CC(NC(=O)c2cccc(F)c2Br)CCN1. The van der Waals surface area contributed by atoms with E-state index in [1.165, 1.54) is 6.07 Å². The molecule has 1 aliphatic heterocycles. The lowest BCUT2D eigenvalue weighted by atomic mass is 10.0. The van der Waals surface area contributed by atoms with Gasteiger partial charge in [0.15, 0.2) is 0 Å². The van der Waals surface area contributed by atoms with Gasteiger partial charge in [-0.25, -0.2) is 4.39 Å². The van der Waals surface area contributed by atoms with Crippen LogP contribution < -0.4 is 10.6 Å². The monoisotopic (exact) mass is 314 g/mol. The summed E-state index contributed by atoms with van der Waals surface area (Å²) in [5, 5.41) is 6.28. The lowest BCUT2D eigenvalue weighted by molar-refractivity contribution is 0.0924. The van der Waals surface area contributed by atoms with Gasteiger partial charge in [-0.3, -0.25) is 4.79 Å². The van der Waals surface area contributed by atoms with E-state index in [2.05, 4.69) is 33.5 Å². The van der Waals surface area contributed by atoms with Gasteiger partial charge in [0.1, 0.15) is 5.82 Å². The van der Waals surface area contributed by atoms with Crippen molar-refractivity contribution in [3.05, 3.63) is 34.1 Å². The summed E-state index contributed by atoms with van der Waals surface area (Å²) in [7, 11) is 0.